The maximum atomic E-state index is 12.4. The summed E-state index contributed by atoms with van der Waals surface area (Å²) in [4.78, 5) is 29.3. The van der Waals surface area contributed by atoms with E-state index in [-0.39, 0.29) is 23.7 Å². The van der Waals surface area contributed by atoms with Crippen LogP contribution >= 0.6 is 22.9 Å². The zero-order valence-electron chi connectivity index (χ0n) is 15.7. The molecule has 4 rings (SSSR count). The summed E-state index contributed by atoms with van der Waals surface area (Å²) in [6, 6.07) is 4.90. The summed E-state index contributed by atoms with van der Waals surface area (Å²) in [5.74, 6) is 0.225. The molecular weight excluding hydrogens is 430 g/mol. The van der Waals surface area contributed by atoms with Gasteiger partial charge in [0.05, 0.1) is 26.5 Å². The molecule has 0 spiro atoms. The number of halogens is 1. The maximum Gasteiger partial charge on any atom is 0.310 e. The number of hydrogen-bond acceptors (Lipinski definition) is 8. The van der Waals surface area contributed by atoms with Crippen LogP contribution in [0, 0.1) is 10.1 Å². The molecule has 3 heterocycles. The number of amides is 1. The molecule has 30 heavy (non-hydrogen) atoms. The van der Waals surface area contributed by atoms with Crippen molar-refractivity contribution in [3.05, 3.63) is 56.1 Å². The van der Waals surface area contributed by atoms with E-state index in [9.17, 15) is 14.9 Å². The molecule has 2 N–H and O–H groups in total. The van der Waals surface area contributed by atoms with Gasteiger partial charge in [-0.3, -0.25) is 14.9 Å². The number of thiophene rings is 1. The average molecular weight is 448 g/mol. The van der Waals surface area contributed by atoms with E-state index in [1.54, 1.807) is 18.2 Å². The lowest BCUT2D eigenvalue weighted by molar-refractivity contribution is -0.384. The molecule has 1 aliphatic carbocycles. The van der Waals surface area contributed by atoms with E-state index in [0.29, 0.717) is 27.1 Å². The fraction of sp³-hybridized carbons (Fsp3) is 0.333. The van der Waals surface area contributed by atoms with Crippen molar-refractivity contribution >= 4 is 40.2 Å². The molecule has 2 atom stereocenters. The Balaban J connectivity index is 1.47. The van der Waals surface area contributed by atoms with E-state index in [1.807, 2.05) is 0 Å². The van der Waals surface area contributed by atoms with Gasteiger partial charge in [0.1, 0.15) is 11.9 Å². The lowest BCUT2D eigenvalue weighted by atomic mass is 9.90. The molecule has 156 valence electrons. The summed E-state index contributed by atoms with van der Waals surface area (Å²) in [5, 5.41) is 25.8. The van der Waals surface area contributed by atoms with Crippen molar-refractivity contribution in [2.24, 2.45) is 0 Å². The van der Waals surface area contributed by atoms with Crippen LogP contribution in [-0.2, 0) is 0 Å². The first kappa shape index (κ1) is 20.2. The van der Waals surface area contributed by atoms with Crippen LogP contribution in [0.4, 0.5) is 11.4 Å². The Morgan fingerprint density at radius 3 is 2.73 bits per heavy atom. The number of hydrogen-bond donors (Lipinski definition) is 2. The molecule has 0 radical (unpaired) electrons. The standard InChI is InChI=1S/C18H18ClN7O3S/c19-16-5-4-15(30-16)18(27)24-12-3-1-2-11(8-12)23-13-9-17(25-21-6-7-22-25)20-10-14(13)26(28)29/h4-7,9-12H,1-3,8H2,(H,20,23)(H,24,27). The minimum absolute atomic E-state index is 0.0298. The van der Waals surface area contributed by atoms with Gasteiger partial charge in [-0.2, -0.15) is 10.2 Å². The molecule has 1 saturated carbocycles. The van der Waals surface area contributed by atoms with Crippen molar-refractivity contribution in [3.8, 4) is 5.82 Å². The molecule has 0 aliphatic heterocycles. The number of anilines is 1. The third-order valence-electron chi connectivity index (χ3n) is 4.85. The van der Waals surface area contributed by atoms with Gasteiger partial charge in [-0.05, 0) is 37.8 Å². The van der Waals surface area contributed by atoms with Crippen LogP contribution < -0.4 is 10.6 Å². The van der Waals surface area contributed by atoms with Crippen molar-refractivity contribution in [2.75, 3.05) is 5.32 Å². The minimum Gasteiger partial charge on any atom is -0.377 e. The molecule has 3 aromatic heterocycles. The SMILES string of the molecule is O=C(NC1CCCC(Nc2cc(-n3nccn3)ncc2[N+](=O)[O-])C1)c1ccc(Cl)s1. The molecule has 3 aromatic rings. The number of carbonyl (C=O) groups excluding carboxylic acids is 1. The lowest BCUT2D eigenvalue weighted by Gasteiger charge is -2.30. The maximum absolute atomic E-state index is 12.4. The average Bonchev–Trinajstić information content (AvgIpc) is 3.40. The highest BCUT2D eigenvalue weighted by Crippen LogP contribution is 2.29. The number of nitrogens with zero attached hydrogens (tertiary/aromatic N) is 5. The van der Waals surface area contributed by atoms with Crippen LogP contribution in [-0.4, -0.2) is 42.9 Å². The summed E-state index contributed by atoms with van der Waals surface area (Å²) in [6.07, 6.45) is 7.44. The molecular formula is C18H18ClN7O3S. The highest BCUT2D eigenvalue weighted by atomic mass is 35.5. The van der Waals surface area contributed by atoms with Gasteiger partial charge >= 0.3 is 5.69 Å². The second-order valence-corrected chi connectivity index (χ2v) is 8.63. The van der Waals surface area contributed by atoms with Crippen LogP contribution in [0.25, 0.3) is 5.82 Å². The van der Waals surface area contributed by atoms with E-state index in [1.165, 1.54) is 34.7 Å². The van der Waals surface area contributed by atoms with Gasteiger partial charge in [-0.1, -0.05) is 11.6 Å². The molecule has 1 fully saturated rings. The summed E-state index contributed by atoms with van der Waals surface area (Å²) < 4.78 is 0.566. The second kappa shape index (κ2) is 8.76. The summed E-state index contributed by atoms with van der Waals surface area (Å²) >= 11 is 7.14. The molecule has 0 aromatic carbocycles. The number of nitro groups is 1. The van der Waals surface area contributed by atoms with Gasteiger partial charge in [0.15, 0.2) is 5.82 Å². The molecule has 1 amide bonds. The predicted molar refractivity (Wildman–Crippen MR) is 112 cm³/mol. The lowest BCUT2D eigenvalue weighted by Crippen LogP contribution is -2.41. The van der Waals surface area contributed by atoms with Crippen molar-refractivity contribution in [1.82, 2.24) is 25.3 Å². The van der Waals surface area contributed by atoms with Crippen LogP contribution in [0.2, 0.25) is 4.34 Å². The van der Waals surface area contributed by atoms with E-state index in [2.05, 4.69) is 25.8 Å². The Morgan fingerprint density at radius 1 is 1.27 bits per heavy atom. The largest absolute Gasteiger partial charge is 0.377 e. The summed E-state index contributed by atoms with van der Waals surface area (Å²) in [6.45, 7) is 0. The van der Waals surface area contributed by atoms with Gasteiger partial charge in [0.2, 0.25) is 0 Å². The van der Waals surface area contributed by atoms with E-state index in [0.717, 1.165) is 19.3 Å². The molecule has 12 heteroatoms. The van der Waals surface area contributed by atoms with Gasteiger partial charge in [-0.15, -0.1) is 16.1 Å². The number of aromatic nitrogens is 4. The van der Waals surface area contributed by atoms with E-state index in [4.69, 9.17) is 11.6 Å². The molecule has 1 aliphatic rings. The monoisotopic (exact) mass is 447 g/mol. The fourth-order valence-corrected chi connectivity index (χ4v) is 4.45. The van der Waals surface area contributed by atoms with Gasteiger partial charge in [-0.25, -0.2) is 4.98 Å². The zero-order valence-corrected chi connectivity index (χ0v) is 17.3. The predicted octanol–water partition coefficient (Wildman–Crippen LogP) is 3.44. The quantitative estimate of drug-likeness (QED) is 0.437. The van der Waals surface area contributed by atoms with Gasteiger partial charge in [0.25, 0.3) is 5.91 Å². The van der Waals surface area contributed by atoms with E-state index >= 15 is 0 Å². The molecule has 10 nitrogen and oxygen atoms in total. The van der Waals surface area contributed by atoms with Crippen LogP contribution in [0.3, 0.4) is 0 Å². The first-order valence-corrected chi connectivity index (χ1v) is 10.5. The van der Waals surface area contributed by atoms with Gasteiger partial charge in [0, 0.05) is 18.2 Å². The second-order valence-electron chi connectivity index (χ2n) is 6.92. The van der Waals surface area contributed by atoms with Crippen molar-refractivity contribution in [1.29, 1.82) is 0 Å². The normalized spacial score (nSPS) is 18.7. The first-order valence-electron chi connectivity index (χ1n) is 9.33. The third kappa shape index (κ3) is 4.57. The number of pyridine rings is 1. The Kier molecular flexibility index (Phi) is 5.91. The topological polar surface area (TPSA) is 128 Å². The summed E-state index contributed by atoms with van der Waals surface area (Å²) in [7, 11) is 0. The van der Waals surface area contributed by atoms with Crippen LogP contribution in [0.5, 0.6) is 0 Å². The van der Waals surface area contributed by atoms with Gasteiger partial charge < -0.3 is 10.6 Å². The minimum atomic E-state index is -0.474. The van der Waals surface area contributed by atoms with Crippen molar-refractivity contribution in [2.45, 2.75) is 37.8 Å². The summed E-state index contributed by atoms with van der Waals surface area (Å²) in [5.41, 5.74) is 0.231. The number of carbonyl (C=O) groups is 1. The number of nitrogens with one attached hydrogen (secondary N) is 2. The number of rotatable bonds is 6. The van der Waals surface area contributed by atoms with E-state index < -0.39 is 4.92 Å². The molecule has 0 bridgehead atoms. The van der Waals surface area contributed by atoms with Crippen LogP contribution in [0.1, 0.15) is 35.4 Å². The Morgan fingerprint density at radius 2 is 2.03 bits per heavy atom. The highest BCUT2D eigenvalue weighted by Gasteiger charge is 2.26. The van der Waals surface area contributed by atoms with Crippen LogP contribution in [0.15, 0.2) is 36.8 Å². The molecule has 2 unspecified atom stereocenters. The Hall–Kier alpha value is -3.05. The zero-order chi connectivity index (χ0) is 21.1. The fourth-order valence-electron chi connectivity index (χ4n) is 3.51. The highest BCUT2D eigenvalue weighted by molar-refractivity contribution is 7.18. The first-order chi connectivity index (χ1) is 14.5. The van der Waals surface area contributed by atoms with Crippen molar-refractivity contribution < 1.29 is 9.72 Å². The molecule has 0 saturated heterocycles. The Labute approximate surface area is 180 Å². The van der Waals surface area contributed by atoms with Crippen molar-refractivity contribution in [3.63, 3.8) is 0 Å². The smallest absolute Gasteiger partial charge is 0.310 e. The third-order valence-corrected chi connectivity index (χ3v) is 6.08. The Bertz CT molecular complexity index is 1060.